The highest BCUT2D eigenvalue weighted by Crippen LogP contribution is 2.38. The van der Waals surface area contributed by atoms with E-state index in [-0.39, 0.29) is 5.69 Å². The Labute approximate surface area is 212 Å². The van der Waals surface area contributed by atoms with Gasteiger partial charge in [0.05, 0.1) is 27.6 Å². The van der Waals surface area contributed by atoms with Crippen molar-refractivity contribution in [2.75, 3.05) is 35.7 Å². The fraction of sp³-hybridized carbons (Fsp3) is 0.360. The van der Waals surface area contributed by atoms with Crippen molar-refractivity contribution in [2.45, 2.75) is 38.4 Å². The number of aromatic nitrogens is 3. The lowest BCUT2D eigenvalue weighted by atomic mass is 10.0. The van der Waals surface area contributed by atoms with Gasteiger partial charge in [-0.1, -0.05) is 18.3 Å². The first-order chi connectivity index (χ1) is 17.2. The fourth-order valence-corrected chi connectivity index (χ4v) is 4.87. The molecule has 0 unspecified atom stereocenters. The van der Waals surface area contributed by atoms with Crippen molar-refractivity contribution < 1.29 is 13.2 Å². The number of nitrogens with zero attached hydrogens (tertiary/aromatic N) is 4. The molecule has 1 saturated heterocycles. The van der Waals surface area contributed by atoms with Gasteiger partial charge in [0.15, 0.2) is 0 Å². The molecule has 0 saturated carbocycles. The van der Waals surface area contributed by atoms with E-state index in [1.807, 2.05) is 26.1 Å². The Morgan fingerprint density at radius 1 is 1.11 bits per heavy atom. The van der Waals surface area contributed by atoms with E-state index in [1.54, 1.807) is 6.20 Å². The van der Waals surface area contributed by atoms with Crippen LogP contribution in [0.5, 0.6) is 0 Å². The summed E-state index contributed by atoms with van der Waals surface area (Å²) >= 11 is 5.34. The minimum absolute atomic E-state index is 0.280. The lowest BCUT2D eigenvalue weighted by Gasteiger charge is -2.32. The van der Waals surface area contributed by atoms with E-state index in [4.69, 9.17) is 17.2 Å². The predicted octanol–water partition coefficient (Wildman–Crippen LogP) is 5.09. The van der Waals surface area contributed by atoms with Crippen LogP contribution in [0, 0.1) is 6.92 Å². The standard InChI is InChI=1S/C25H26F3N7S/c1-14-19(5-6-21(31-14)35-9-7-17(29-2)8-10-35)33-24-30-13-15-11-22(36)32-20-12-16(25(26,27)28)3-4-18(20)23(15)34-24/h3-6,12-13,17,29H,7-11H2,1-2H3,(H,32,36)(H,30,33,34). The van der Waals surface area contributed by atoms with Crippen LogP contribution >= 0.6 is 12.2 Å². The number of aryl methyl sites for hydroxylation is 1. The van der Waals surface area contributed by atoms with E-state index in [2.05, 4.69) is 30.8 Å². The monoisotopic (exact) mass is 513 g/mol. The molecule has 11 heteroatoms. The number of rotatable bonds is 4. The van der Waals surface area contributed by atoms with Crippen LogP contribution in [0.4, 0.5) is 36.3 Å². The fourth-order valence-electron chi connectivity index (χ4n) is 4.60. The molecular weight excluding hydrogens is 487 g/mol. The van der Waals surface area contributed by atoms with Crippen molar-refractivity contribution >= 4 is 40.3 Å². The van der Waals surface area contributed by atoms with Gasteiger partial charge in [-0.2, -0.15) is 13.2 Å². The molecule has 7 nitrogen and oxygen atoms in total. The molecule has 36 heavy (non-hydrogen) atoms. The van der Waals surface area contributed by atoms with Crippen LogP contribution in [0.1, 0.15) is 29.7 Å². The summed E-state index contributed by atoms with van der Waals surface area (Å²) in [6.07, 6.45) is -0.310. The van der Waals surface area contributed by atoms with Crippen LogP contribution in [-0.2, 0) is 12.6 Å². The Kier molecular flexibility index (Phi) is 6.52. The van der Waals surface area contributed by atoms with Gasteiger partial charge in [-0.05, 0) is 51.1 Å². The van der Waals surface area contributed by atoms with Crippen LogP contribution < -0.4 is 20.9 Å². The number of benzene rings is 1. The van der Waals surface area contributed by atoms with Crippen LogP contribution in [0.15, 0.2) is 36.5 Å². The molecule has 2 aromatic heterocycles. The molecule has 3 aromatic rings. The van der Waals surface area contributed by atoms with Gasteiger partial charge in [-0.25, -0.2) is 15.0 Å². The number of hydrogen-bond acceptors (Lipinski definition) is 7. The second kappa shape index (κ2) is 9.62. The highest BCUT2D eigenvalue weighted by Gasteiger charge is 2.32. The minimum Gasteiger partial charge on any atom is -0.356 e. The van der Waals surface area contributed by atoms with Crippen molar-refractivity contribution in [1.82, 2.24) is 20.3 Å². The smallest absolute Gasteiger partial charge is 0.356 e. The molecule has 0 spiro atoms. The maximum atomic E-state index is 13.3. The van der Waals surface area contributed by atoms with E-state index < -0.39 is 11.7 Å². The number of halogens is 3. The molecule has 2 aliphatic rings. The normalized spacial score (nSPS) is 16.1. The van der Waals surface area contributed by atoms with Gasteiger partial charge in [0.2, 0.25) is 5.95 Å². The number of anilines is 4. The van der Waals surface area contributed by atoms with Gasteiger partial charge < -0.3 is 20.9 Å². The first-order valence-corrected chi connectivity index (χ1v) is 12.2. The zero-order valence-electron chi connectivity index (χ0n) is 19.9. The minimum atomic E-state index is -4.45. The lowest BCUT2D eigenvalue weighted by molar-refractivity contribution is -0.137. The molecule has 1 aromatic carbocycles. The first kappa shape index (κ1) is 24.4. The second-order valence-corrected chi connectivity index (χ2v) is 9.52. The number of hydrogen-bond donors (Lipinski definition) is 3. The van der Waals surface area contributed by atoms with Gasteiger partial charge in [0, 0.05) is 48.6 Å². The number of piperidine rings is 1. The molecule has 1 fully saturated rings. The third kappa shape index (κ3) is 4.98. The zero-order valence-corrected chi connectivity index (χ0v) is 20.7. The maximum absolute atomic E-state index is 13.3. The van der Waals surface area contributed by atoms with Crippen molar-refractivity contribution in [3.63, 3.8) is 0 Å². The van der Waals surface area contributed by atoms with Crippen molar-refractivity contribution in [3.8, 4) is 11.3 Å². The Balaban J connectivity index is 1.41. The zero-order chi connectivity index (χ0) is 25.4. The maximum Gasteiger partial charge on any atom is 0.416 e. The summed E-state index contributed by atoms with van der Waals surface area (Å²) < 4.78 is 39.8. The molecule has 0 aliphatic carbocycles. The molecule has 2 aliphatic heterocycles. The van der Waals surface area contributed by atoms with Crippen LogP contribution in [-0.4, -0.2) is 46.1 Å². The molecular formula is C25H26F3N7S. The molecule has 4 heterocycles. The first-order valence-electron chi connectivity index (χ1n) is 11.8. The quantitative estimate of drug-likeness (QED) is 0.417. The third-order valence-electron chi connectivity index (χ3n) is 6.64. The largest absolute Gasteiger partial charge is 0.416 e. The molecule has 188 valence electrons. The average Bonchev–Trinajstić information content (AvgIpc) is 2.99. The van der Waals surface area contributed by atoms with Crippen molar-refractivity contribution in [3.05, 3.63) is 53.3 Å². The summed E-state index contributed by atoms with van der Waals surface area (Å²) in [5.74, 6) is 1.27. The van der Waals surface area contributed by atoms with Gasteiger partial charge in [-0.3, -0.25) is 0 Å². The molecule has 0 radical (unpaired) electrons. The Bertz CT molecular complexity index is 1300. The van der Waals surface area contributed by atoms with E-state index in [0.717, 1.165) is 60.8 Å². The van der Waals surface area contributed by atoms with Crippen molar-refractivity contribution in [1.29, 1.82) is 0 Å². The lowest BCUT2D eigenvalue weighted by Crippen LogP contribution is -2.41. The highest BCUT2D eigenvalue weighted by atomic mass is 32.1. The second-order valence-electron chi connectivity index (χ2n) is 9.03. The SMILES string of the molecule is CNC1CCN(c2ccc(Nc3ncc4c(n3)-c3ccc(C(F)(F)F)cc3NC(=S)C4)c(C)n2)CC1. The number of pyridine rings is 1. The van der Waals surface area contributed by atoms with Gasteiger partial charge in [0.1, 0.15) is 5.82 Å². The topological polar surface area (TPSA) is 78.0 Å². The Morgan fingerprint density at radius 3 is 2.58 bits per heavy atom. The molecule has 0 amide bonds. The predicted molar refractivity (Wildman–Crippen MR) is 139 cm³/mol. The summed E-state index contributed by atoms with van der Waals surface area (Å²) in [5, 5.41) is 9.48. The molecule has 5 rings (SSSR count). The van der Waals surface area contributed by atoms with Gasteiger partial charge in [0.25, 0.3) is 0 Å². The Hall–Kier alpha value is -3.31. The summed E-state index contributed by atoms with van der Waals surface area (Å²) in [6, 6.07) is 8.03. The highest BCUT2D eigenvalue weighted by molar-refractivity contribution is 7.80. The summed E-state index contributed by atoms with van der Waals surface area (Å²) in [5.41, 5.74) is 2.92. The van der Waals surface area contributed by atoms with E-state index in [1.165, 1.54) is 6.07 Å². The molecule has 3 N–H and O–H groups in total. The Morgan fingerprint density at radius 2 is 1.89 bits per heavy atom. The molecule has 0 bridgehead atoms. The van der Waals surface area contributed by atoms with Crippen LogP contribution in [0.2, 0.25) is 0 Å². The average molecular weight is 514 g/mol. The van der Waals surface area contributed by atoms with Crippen molar-refractivity contribution in [2.24, 2.45) is 0 Å². The summed E-state index contributed by atoms with van der Waals surface area (Å²) in [4.78, 5) is 16.6. The summed E-state index contributed by atoms with van der Waals surface area (Å²) in [7, 11) is 2.00. The number of alkyl halides is 3. The summed E-state index contributed by atoms with van der Waals surface area (Å²) in [6.45, 7) is 3.82. The van der Waals surface area contributed by atoms with E-state index in [9.17, 15) is 13.2 Å². The third-order valence-corrected chi connectivity index (χ3v) is 6.88. The van der Waals surface area contributed by atoms with E-state index in [0.29, 0.717) is 34.7 Å². The number of thiocarbonyl (C=S) groups is 1. The van der Waals surface area contributed by atoms with E-state index >= 15 is 0 Å². The van der Waals surface area contributed by atoms with Gasteiger partial charge >= 0.3 is 6.18 Å². The van der Waals surface area contributed by atoms with Crippen LogP contribution in [0.25, 0.3) is 11.3 Å². The number of nitrogens with one attached hydrogen (secondary N) is 3. The molecule has 0 atom stereocenters. The number of fused-ring (bicyclic) bond motifs is 3. The van der Waals surface area contributed by atoms with Crippen LogP contribution in [0.3, 0.4) is 0 Å². The van der Waals surface area contributed by atoms with Gasteiger partial charge in [-0.15, -0.1) is 0 Å².